The Labute approximate surface area is 137 Å². The molecule has 0 saturated heterocycles. The third kappa shape index (κ3) is 3.45. The summed E-state index contributed by atoms with van der Waals surface area (Å²) < 4.78 is 14.1. The second-order valence-electron chi connectivity index (χ2n) is 5.01. The number of nitro benzene ring substituents is 1. The van der Waals surface area contributed by atoms with E-state index in [-0.39, 0.29) is 12.1 Å². The molecule has 0 unspecified atom stereocenters. The van der Waals surface area contributed by atoms with Crippen molar-refractivity contribution in [2.24, 2.45) is 0 Å². The SMILES string of the molecule is CCCC(=O)N(C(=O)c1c(F)cccc1[N+](=O)[O-])c1ccccc1. The number of anilines is 1. The zero-order chi connectivity index (χ0) is 17.7. The molecular weight excluding hydrogens is 315 g/mol. The molecule has 0 atom stereocenters. The molecule has 0 aromatic heterocycles. The molecule has 2 aromatic rings. The van der Waals surface area contributed by atoms with E-state index in [0.29, 0.717) is 6.42 Å². The molecule has 6 nitrogen and oxygen atoms in total. The lowest BCUT2D eigenvalue weighted by atomic mass is 10.1. The Morgan fingerprint density at radius 2 is 1.79 bits per heavy atom. The van der Waals surface area contributed by atoms with E-state index in [1.54, 1.807) is 25.1 Å². The van der Waals surface area contributed by atoms with E-state index in [2.05, 4.69) is 0 Å². The second kappa shape index (κ2) is 7.45. The molecule has 124 valence electrons. The second-order valence-corrected chi connectivity index (χ2v) is 5.01. The fraction of sp³-hybridized carbons (Fsp3) is 0.176. The van der Waals surface area contributed by atoms with E-state index in [1.165, 1.54) is 12.1 Å². The van der Waals surface area contributed by atoms with Crippen molar-refractivity contribution in [2.45, 2.75) is 19.8 Å². The molecule has 0 spiro atoms. The predicted molar refractivity (Wildman–Crippen MR) is 86.2 cm³/mol. The van der Waals surface area contributed by atoms with Crippen LogP contribution in [-0.2, 0) is 4.79 Å². The minimum atomic E-state index is -1.05. The van der Waals surface area contributed by atoms with Gasteiger partial charge in [0.2, 0.25) is 5.91 Å². The van der Waals surface area contributed by atoms with E-state index >= 15 is 0 Å². The smallest absolute Gasteiger partial charge is 0.274 e. The maximum Gasteiger partial charge on any atom is 0.285 e. The van der Waals surface area contributed by atoms with Crippen LogP contribution in [0.1, 0.15) is 30.1 Å². The minimum Gasteiger partial charge on any atom is -0.274 e. The van der Waals surface area contributed by atoms with Crippen LogP contribution >= 0.6 is 0 Å². The number of hydrogen-bond acceptors (Lipinski definition) is 4. The molecule has 7 heteroatoms. The average Bonchev–Trinajstić information content (AvgIpc) is 2.55. The zero-order valence-corrected chi connectivity index (χ0v) is 12.9. The molecule has 0 N–H and O–H groups in total. The Hall–Kier alpha value is -3.09. The van der Waals surface area contributed by atoms with Gasteiger partial charge in [-0.2, -0.15) is 0 Å². The number of rotatable bonds is 5. The summed E-state index contributed by atoms with van der Waals surface area (Å²) in [6.45, 7) is 1.76. The first-order valence-electron chi connectivity index (χ1n) is 7.32. The van der Waals surface area contributed by atoms with E-state index in [9.17, 15) is 24.1 Å². The summed E-state index contributed by atoms with van der Waals surface area (Å²) in [6.07, 6.45) is 0.539. The van der Waals surface area contributed by atoms with Gasteiger partial charge in [-0.1, -0.05) is 31.2 Å². The van der Waals surface area contributed by atoms with Crippen molar-refractivity contribution in [3.8, 4) is 0 Å². The number of benzene rings is 2. The summed E-state index contributed by atoms with van der Waals surface area (Å²) in [6, 6.07) is 11.1. The molecule has 0 heterocycles. The number of nitro groups is 1. The molecule has 0 bridgehead atoms. The van der Waals surface area contributed by atoms with Crippen LogP contribution in [0.4, 0.5) is 15.8 Å². The van der Waals surface area contributed by atoms with Gasteiger partial charge in [-0.05, 0) is 24.6 Å². The quantitative estimate of drug-likeness (QED) is 0.618. The van der Waals surface area contributed by atoms with E-state index < -0.39 is 33.8 Å². The highest BCUT2D eigenvalue weighted by Crippen LogP contribution is 2.26. The number of nitrogens with zero attached hydrogens (tertiary/aromatic N) is 2. The van der Waals surface area contributed by atoms with Crippen LogP contribution in [0.2, 0.25) is 0 Å². The van der Waals surface area contributed by atoms with Crippen LogP contribution in [0.25, 0.3) is 0 Å². The number of amides is 2. The summed E-state index contributed by atoms with van der Waals surface area (Å²) in [5.41, 5.74) is -1.17. The number of carbonyl (C=O) groups is 2. The maximum absolute atomic E-state index is 14.1. The minimum absolute atomic E-state index is 0.0584. The molecule has 24 heavy (non-hydrogen) atoms. The number of carbonyl (C=O) groups excluding carboxylic acids is 2. The Bertz CT molecular complexity index is 777. The number of halogens is 1. The predicted octanol–water partition coefficient (Wildman–Crippen LogP) is 3.71. The molecule has 2 aromatic carbocycles. The van der Waals surface area contributed by atoms with Gasteiger partial charge in [-0.3, -0.25) is 19.7 Å². The van der Waals surface area contributed by atoms with Gasteiger partial charge < -0.3 is 0 Å². The molecular formula is C17H15FN2O4. The first-order valence-corrected chi connectivity index (χ1v) is 7.32. The van der Waals surface area contributed by atoms with Crippen molar-refractivity contribution in [3.63, 3.8) is 0 Å². The highest BCUT2D eigenvalue weighted by Gasteiger charge is 2.32. The van der Waals surface area contributed by atoms with Crippen molar-refractivity contribution >= 4 is 23.2 Å². The largest absolute Gasteiger partial charge is 0.285 e. The monoisotopic (exact) mass is 330 g/mol. The van der Waals surface area contributed by atoms with E-state index in [1.807, 2.05) is 0 Å². The first-order chi connectivity index (χ1) is 11.5. The van der Waals surface area contributed by atoms with Crippen LogP contribution < -0.4 is 4.90 Å². The third-order valence-electron chi connectivity index (χ3n) is 3.33. The van der Waals surface area contributed by atoms with Gasteiger partial charge in [-0.25, -0.2) is 9.29 Å². The lowest BCUT2D eigenvalue weighted by Gasteiger charge is -2.21. The molecule has 2 amide bonds. The molecule has 2 rings (SSSR count). The van der Waals surface area contributed by atoms with Crippen molar-refractivity contribution in [1.82, 2.24) is 0 Å². The Balaban J connectivity index is 2.58. The van der Waals surface area contributed by atoms with Gasteiger partial charge in [0.15, 0.2) is 5.56 Å². The van der Waals surface area contributed by atoms with Crippen molar-refractivity contribution < 1.29 is 18.9 Å². The van der Waals surface area contributed by atoms with Crippen molar-refractivity contribution in [1.29, 1.82) is 0 Å². The van der Waals surface area contributed by atoms with Crippen molar-refractivity contribution in [3.05, 3.63) is 70.0 Å². The maximum atomic E-state index is 14.1. The van der Waals surface area contributed by atoms with Crippen LogP contribution in [0.5, 0.6) is 0 Å². The molecule has 0 aliphatic heterocycles. The lowest BCUT2D eigenvalue weighted by molar-refractivity contribution is -0.385. The van der Waals surface area contributed by atoms with Crippen LogP contribution in [-0.4, -0.2) is 16.7 Å². The third-order valence-corrected chi connectivity index (χ3v) is 3.33. The summed E-state index contributed by atoms with van der Waals surface area (Å²) in [5, 5.41) is 11.1. The van der Waals surface area contributed by atoms with Gasteiger partial charge in [-0.15, -0.1) is 0 Å². The standard InChI is InChI=1S/C17H15FN2O4/c1-2-7-15(21)19(12-8-4-3-5-9-12)17(22)16-13(18)10-6-11-14(16)20(23)24/h3-6,8-11H,2,7H2,1H3. The van der Waals surface area contributed by atoms with Gasteiger partial charge >= 0.3 is 0 Å². The number of imide groups is 1. The summed E-state index contributed by atoms with van der Waals surface area (Å²) >= 11 is 0. The molecule has 0 saturated carbocycles. The first kappa shape index (κ1) is 17.3. The molecule has 0 radical (unpaired) electrons. The summed E-state index contributed by atoms with van der Waals surface area (Å²) in [4.78, 5) is 36.2. The van der Waals surface area contributed by atoms with Gasteiger partial charge in [0.05, 0.1) is 10.6 Å². The van der Waals surface area contributed by atoms with E-state index in [0.717, 1.165) is 23.1 Å². The highest BCUT2D eigenvalue weighted by molar-refractivity contribution is 6.22. The highest BCUT2D eigenvalue weighted by atomic mass is 19.1. The molecule has 0 fully saturated rings. The fourth-order valence-electron chi connectivity index (χ4n) is 2.27. The number of para-hydroxylation sites is 1. The zero-order valence-electron chi connectivity index (χ0n) is 12.9. The topological polar surface area (TPSA) is 80.5 Å². The number of hydrogen-bond donors (Lipinski definition) is 0. The lowest BCUT2D eigenvalue weighted by Crippen LogP contribution is -2.37. The Morgan fingerprint density at radius 1 is 1.12 bits per heavy atom. The van der Waals surface area contributed by atoms with Crippen molar-refractivity contribution in [2.75, 3.05) is 4.90 Å². The van der Waals surface area contributed by atoms with E-state index in [4.69, 9.17) is 0 Å². The molecule has 0 aliphatic carbocycles. The summed E-state index contributed by atoms with van der Waals surface area (Å²) in [5.74, 6) is -2.64. The average molecular weight is 330 g/mol. The van der Waals surface area contributed by atoms with Gasteiger partial charge in [0, 0.05) is 12.5 Å². The molecule has 0 aliphatic rings. The normalized spacial score (nSPS) is 10.2. The van der Waals surface area contributed by atoms with Crippen LogP contribution in [0.3, 0.4) is 0 Å². The Kier molecular flexibility index (Phi) is 5.36. The van der Waals surface area contributed by atoms with Gasteiger partial charge in [0.25, 0.3) is 11.6 Å². The van der Waals surface area contributed by atoms with Crippen LogP contribution in [0.15, 0.2) is 48.5 Å². The van der Waals surface area contributed by atoms with Gasteiger partial charge in [0.1, 0.15) is 5.82 Å². The fourth-order valence-corrected chi connectivity index (χ4v) is 2.27. The van der Waals surface area contributed by atoms with Crippen LogP contribution in [0, 0.1) is 15.9 Å². The summed E-state index contributed by atoms with van der Waals surface area (Å²) in [7, 11) is 0. The Morgan fingerprint density at radius 3 is 2.38 bits per heavy atom.